The summed E-state index contributed by atoms with van der Waals surface area (Å²) in [4.78, 5) is 21.9. The minimum Gasteiger partial charge on any atom is -0.481 e. The Kier molecular flexibility index (Phi) is 5.28. The molecule has 5 heteroatoms. The molecular formula is C12H12BrFO3. The first kappa shape index (κ1) is 13.8. The van der Waals surface area contributed by atoms with E-state index >= 15 is 0 Å². The standard InChI is InChI=1S/C12H12BrFO3/c13-9-5-8(6-10(14)7-9)11(15)3-1-2-4-12(16)17/h5-7H,1-4H2,(H,16,17). The monoisotopic (exact) mass is 302 g/mol. The van der Waals surface area contributed by atoms with Crippen molar-refractivity contribution >= 4 is 27.7 Å². The lowest BCUT2D eigenvalue weighted by Gasteiger charge is -2.02. The van der Waals surface area contributed by atoms with Crippen LogP contribution in [0, 0.1) is 5.82 Å². The molecule has 0 heterocycles. The van der Waals surface area contributed by atoms with Crippen molar-refractivity contribution in [2.45, 2.75) is 25.7 Å². The minimum atomic E-state index is -0.869. The first-order valence-corrected chi connectivity index (χ1v) is 5.99. The van der Waals surface area contributed by atoms with Crippen LogP contribution in [0.3, 0.4) is 0 Å². The van der Waals surface area contributed by atoms with Crippen LogP contribution in [-0.2, 0) is 4.79 Å². The average Bonchev–Trinajstić information content (AvgIpc) is 2.22. The van der Waals surface area contributed by atoms with Crippen molar-refractivity contribution in [3.05, 3.63) is 34.1 Å². The van der Waals surface area contributed by atoms with Crippen molar-refractivity contribution in [3.63, 3.8) is 0 Å². The van der Waals surface area contributed by atoms with Crippen LogP contribution < -0.4 is 0 Å². The number of aliphatic carboxylic acids is 1. The lowest BCUT2D eigenvalue weighted by Crippen LogP contribution is -2.01. The van der Waals surface area contributed by atoms with Gasteiger partial charge in [0.05, 0.1) is 0 Å². The molecule has 0 amide bonds. The molecule has 0 aromatic heterocycles. The largest absolute Gasteiger partial charge is 0.481 e. The minimum absolute atomic E-state index is 0.0557. The molecule has 1 aromatic carbocycles. The van der Waals surface area contributed by atoms with E-state index in [2.05, 4.69) is 15.9 Å². The summed E-state index contributed by atoms with van der Waals surface area (Å²) in [5.74, 6) is -1.50. The van der Waals surface area contributed by atoms with Gasteiger partial charge < -0.3 is 5.11 Å². The molecule has 1 aromatic rings. The summed E-state index contributed by atoms with van der Waals surface area (Å²) in [5.41, 5.74) is 0.312. The number of hydrogen-bond acceptors (Lipinski definition) is 2. The van der Waals surface area contributed by atoms with Gasteiger partial charge in [-0.3, -0.25) is 9.59 Å². The Hall–Kier alpha value is -1.23. The maximum Gasteiger partial charge on any atom is 0.303 e. The maximum absolute atomic E-state index is 13.0. The highest BCUT2D eigenvalue weighted by Gasteiger charge is 2.08. The highest BCUT2D eigenvalue weighted by molar-refractivity contribution is 9.10. The summed E-state index contributed by atoms with van der Waals surface area (Å²) in [6, 6.07) is 4.02. The van der Waals surface area contributed by atoms with E-state index in [1.165, 1.54) is 12.1 Å². The number of carbonyl (C=O) groups excluding carboxylic acids is 1. The second-order valence-corrected chi connectivity index (χ2v) is 4.60. The Morgan fingerprint density at radius 2 is 1.82 bits per heavy atom. The smallest absolute Gasteiger partial charge is 0.303 e. The molecule has 0 spiro atoms. The van der Waals surface area contributed by atoms with Gasteiger partial charge >= 0.3 is 5.97 Å². The molecule has 3 nitrogen and oxygen atoms in total. The first-order valence-electron chi connectivity index (χ1n) is 5.20. The number of carbonyl (C=O) groups is 2. The lowest BCUT2D eigenvalue weighted by molar-refractivity contribution is -0.137. The maximum atomic E-state index is 13.0. The fourth-order valence-corrected chi connectivity index (χ4v) is 1.89. The van der Waals surface area contributed by atoms with Crippen LogP contribution in [0.2, 0.25) is 0 Å². The summed E-state index contributed by atoms with van der Waals surface area (Å²) in [5, 5.41) is 8.43. The van der Waals surface area contributed by atoms with Gasteiger partial charge in [-0.2, -0.15) is 0 Å². The molecule has 0 aliphatic heterocycles. The Morgan fingerprint density at radius 3 is 2.41 bits per heavy atom. The average molecular weight is 303 g/mol. The van der Waals surface area contributed by atoms with Crippen molar-refractivity contribution in [3.8, 4) is 0 Å². The fourth-order valence-electron chi connectivity index (χ4n) is 1.42. The van der Waals surface area contributed by atoms with E-state index in [1.54, 1.807) is 6.07 Å². The molecule has 0 unspecified atom stereocenters. The van der Waals surface area contributed by atoms with Gasteiger partial charge in [0.25, 0.3) is 0 Å². The normalized spacial score (nSPS) is 10.2. The van der Waals surface area contributed by atoms with Gasteiger partial charge in [-0.1, -0.05) is 15.9 Å². The number of halogens is 2. The molecule has 0 radical (unpaired) electrons. The third-order valence-corrected chi connectivity index (χ3v) is 2.69. The van der Waals surface area contributed by atoms with Crippen LogP contribution >= 0.6 is 15.9 Å². The number of carboxylic acids is 1. The van der Waals surface area contributed by atoms with E-state index in [-0.39, 0.29) is 18.6 Å². The predicted octanol–water partition coefficient (Wildman–Crippen LogP) is 3.42. The fraction of sp³-hybridized carbons (Fsp3) is 0.333. The molecule has 0 saturated heterocycles. The van der Waals surface area contributed by atoms with E-state index in [0.717, 1.165) is 0 Å². The highest BCUT2D eigenvalue weighted by Crippen LogP contribution is 2.17. The summed E-state index contributed by atoms with van der Waals surface area (Å²) in [6.07, 6.45) is 1.25. The van der Waals surface area contributed by atoms with Crippen molar-refractivity contribution in [2.24, 2.45) is 0 Å². The molecule has 0 saturated carbocycles. The molecule has 0 atom stereocenters. The molecule has 0 bridgehead atoms. The Bertz CT molecular complexity index is 412. The van der Waals surface area contributed by atoms with Crippen LogP contribution in [0.1, 0.15) is 36.0 Å². The molecule has 0 aliphatic carbocycles. The summed E-state index contributed by atoms with van der Waals surface area (Å²) in [6.45, 7) is 0. The van der Waals surface area contributed by atoms with Crippen LogP contribution in [-0.4, -0.2) is 16.9 Å². The molecule has 17 heavy (non-hydrogen) atoms. The van der Waals surface area contributed by atoms with Crippen LogP contribution in [0.25, 0.3) is 0 Å². The number of ketones is 1. The highest BCUT2D eigenvalue weighted by atomic mass is 79.9. The number of Topliss-reactive ketones (excluding diaryl/α,β-unsaturated/α-hetero) is 1. The van der Waals surface area contributed by atoms with E-state index in [9.17, 15) is 14.0 Å². The third kappa shape index (κ3) is 5.08. The van der Waals surface area contributed by atoms with E-state index in [1.807, 2.05) is 0 Å². The Balaban J connectivity index is 2.49. The third-order valence-electron chi connectivity index (χ3n) is 2.23. The topological polar surface area (TPSA) is 54.4 Å². The van der Waals surface area contributed by atoms with Gasteiger partial charge in [-0.05, 0) is 31.0 Å². The first-order chi connectivity index (χ1) is 7.99. The van der Waals surface area contributed by atoms with Crippen molar-refractivity contribution in [1.82, 2.24) is 0 Å². The van der Waals surface area contributed by atoms with Gasteiger partial charge in [0.15, 0.2) is 5.78 Å². The van der Waals surface area contributed by atoms with Crippen LogP contribution in [0.15, 0.2) is 22.7 Å². The molecule has 1 N–H and O–H groups in total. The molecular weight excluding hydrogens is 291 g/mol. The zero-order valence-electron chi connectivity index (χ0n) is 9.08. The van der Waals surface area contributed by atoms with Gasteiger partial charge in [0.1, 0.15) is 5.82 Å². The molecule has 1 rings (SSSR count). The Morgan fingerprint density at radius 1 is 1.18 bits per heavy atom. The van der Waals surface area contributed by atoms with Crippen molar-refractivity contribution in [2.75, 3.05) is 0 Å². The second-order valence-electron chi connectivity index (χ2n) is 3.68. The van der Waals surface area contributed by atoms with E-state index in [0.29, 0.717) is 22.9 Å². The second kappa shape index (κ2) is 6.49. The van der Waals surface area contributed by atoms with Gasteiger partial charge in [-0.25, -0.2) is 4.39 Å². The van der Waals surface area contributed by atoms with Crippen LogP contribution in [0.5, 0.6) is 0 Å². The van der Waals surface area contributed by atoms with E-state index in [4.69, 9.17) is 5.11 Å². The van der Waals surface area contributed by atoms with Gasteiger partial charge in [-0.15, -0.1) is 0 Å². The molecule has 0 fully saturated rings. The van der Waals surface area contributed by atoms with Gasteiger partial charge in [0.2, 0.25) is 0 Å². The predicted molar refractivity (Wildman–Crippen MR) is 64.5 cm³/mol. The Labute approximate surface area is 107 Å². The van der Waals surface area contributed by atoms with Gasteiger partial charge in [0, 0.05) is 22.9 Å². The van der Waals surface area contributed by atoms with Crippen molar-refractivity contribution < 1.29 is 19.1 Å². The number of hydrogen-bond donors (Lipinski definition) is 1. The number of benzene rings is 1. The van der Waals surface area contributed by atoms with Crippen molar-refractivity contribution in [1.29, 1.82) is 0 Å². The number of carboxylic acid groups (broad SMARTS) is 1. The van der Waals surface area contributed by atoms with Crippen LogP contribution in [0.4, 0.5) is 4.39 Å². The summed E-state index contributed by atoms with van der Waals surface area (Å²) < 4.78 is 13.5. The number of rotatable bonds is 6. The zero-order chi connectivity index (χ0) is 12.8. The lowest BCUT2D eigenvalue weighted by atomic mass is 10.0. The molecule has 0 aliphatic rings. The summed E-state index contributed by atoms with van der Waals surface area (Å²) >= 11 is 3.11. The quantitative estimate of drug-likeness (QED) is 0.647. The summed E-state index contributed by atoms with van der Waals surface area (Å²) in [7, 11) is 0. The zero-order valence-corrected chi connectivity index (χ0v) is 10.7. The molecule has 92 valence electrons. The van der Waals surface area contributed by atoms with E-state index < -0.39 is 11.8 Å². The SMILES string of the molecule is O=C(O)CCCCC(=O)c1cc(F)cc(Br)c1. The number of unbranched alkanes of at least 4 members (excludes halogenated alkanes) is 1.